The number of rotatable bonds is 11. The number of hydrogen-bond donors (Lipinski definition) is 2. The first kappa shape index (κ1) is 24.7. The van der Waals surface area contributed by atoms with Crippen LogP contribution >= 0.6 is 0 Å². The fourth-order valence-electron chi connectivity index (χ4n) is 3.99. The van der Waals surface area contributed by atoms with E-state index in [0.29, 0.717) is 18.6 Å². The SMILES string of the molecule is O=C(O)C/C=N\N1CNC(c2ccc(OCc3ccccc3)cc2)=C(CCCc2ccccc2)C1=O. The van der Waals surface area contributed by atoms with Crippen molar-refractivity contribution in [3.63, 3.8) is 0 Å². The highest BCUT2D eigenvalue weighted by atomic mass is 16.5. The lowest BCUT2D eigenvalue weighted by Gasteiger charge is -2.28. The van der Waals surface area contributed by atoms with E-state index in [1.807, 2.05) is 72.8 Å². The minimum Gasteiger partial charge on any atom is -0.489 e. The molecule has 36 heavy (non-hydrogen) atoms. The molecule has 1 amide bonds. The molecule has 0 fully saturated rings. The van der Waals surface area contributed by atoms with Crippen molar-refractivity contribution >= 4 is 23.8 Å². The smallest absolute Gasteiger partial charge is 0.308 e. The van der Waals surface area contributed by atoms with Gasteiger partial charge in [0.1, 0.15) is 19.0 Å². The Morgan fingerprint density at radius 3 is 2.28 bits per heavy atom. The van der Waals surface area contributed by atoms with E-state index in [-0.39, 0.29) is 19.0 Å². The molecule has 184 valence electrons. The Balaban J connectivity index is 1.50. The number of carboxylic acid groups (broad SMARTS) is 1. The topological polar surface area (TPSA) is 91.2 Å². The number of ether oxygens (including phenoxy) is 1. The first-order valence-electron chi connectivity index (χ1n) is 11.9. The molecule has 3 aromatic rings. The van der Waals surface area contributed by atoms with Gasteiger partial charge in [-0.2, -0.15) is 5.10 Å². The van der Waals surface area contributed by atoms with Gasteiger partial charge in [0.05, 0.1) is 12.1 Å². The minimum atomic E-state index is -0.995. The van der Waals surface area contributed by atoms with Gasteiger partial charge in [-0.05, 0) is 60.2 Å². The second-order valence-electron chi connectivity index (χ2n) is 8.43. The quantitative estimate of drug-likeness (QED) is 0.381. The Morgan fingerprint density at radius 1 is 0.944 bits per heavy atom. The number of benzene rings is 3. The summed E-state index contributed by atoms with van der Waals surface area (Å²) in [6.45, 7) is 0.645. The number of nitrogens with zero attached hydrogens (tertiary/aromatic N) is 2. The number of amides is 1. The predicted molar refractivity (Wildman–Crippen MR) is 139 cm³/mol. The first-order chi connectivity index (χ1) is 17.6. The molecule has 0 unspecified atom stereocenters. The molecule has 1 heterocycles. The maximum Gasteiger partial charge on any atom is 0.308 e. The van der Waals surface area contributed by atoms with E-state index < -0.39 is 5.97 Å². The van der Waals surface area contributed by atoms with Crippen molar-refractivity contribution in [3.8, 4) is 5.75 Å². The van der Waals surface area contributed by atoms with Crippen LogP contribution in [0.25, 0.3) is 5.70 Å². The van der Waals surface area contributed by atoms with Crippen molar-refractivity contribution in [2.24, 2.45) is 5.10 Å². The van der Waals surface area contributed by atoms with Crippen LogP contribution in [0.1, 0.15) is 36.0 Å². The van der Waals surface area contributed by atoms with E-state index in [0.717, 1.165) is 35.4 Å². The van der Waals surface area contributed by atoms with E-state index in [2.05, 4.69) is 22.6 Å². The zero-order chi connectivity index (χ0) is 25.2. The third-order valence-corrected chi connectivity index (χ3v) is 5.81. The molecular weight excluding hydrogens is 454 g/mol. The van der Waals surface area contributed by atoms with Crippen LogP contribution in [-0.2, 0) is 22.6 Å². The van der Waals surface area contributed by atoms with Crippen LogP contribution in [0.15, 0.2) is 95.6 Å². The summed E-state index contributed by atoms with van der Waals surface area (Å²) in [5, 5.41) is 17.5. The van der Waals surface area contributed by atoms with Gasteiger partial charge in [0, 0.05) is 11.8 Å². The number of nitrogens with one attached hydrogen (secondary N) is 1. The zero-order valence-corrected chi connectivity index (χ0v) is 20.0. The van der Waals surface area contributed by atoms with Gasteiger partial charge in [-0.15, -0.1) is 0 Å². The monoisotopic (exact) mass is 483 g/mol. The van der Waals surface area contributed by atoms with Gasteiger partial charge >= 0.3 is 5.97 Å². The van der Waals surface area contributed by atoms with Gasteiger partial charge in [0.15, 0.2) is 0 Å². The van der Waals surface area contributed by atoms with Crippen LogP contribution in [0.3, 0.4) is 0 Å². The minimum absolute atomic E-state index is 0.165. The average Bonchev–Trinajstić information content (AvgIpc) is 2.91. The molecule has 0 atom stereocenters. The highest BCUT2D eigenvalue weighted by Gasteiger charge is 2.27. The summed E-state index contributed by atoms with van der Waals surface area (Å²) in [4.78, 5) is 24.1. The zero-order valence-electron chi connectivity index (χ0n) is 20.0. The number of hydrogen-bond acceptors (Lipinski definition) is 5. The fourth-order valence-corrected chi connectivity index (χ4v) is 3.99. The Bertz CT molecular complexity index is 1220. The van der Waals surface area contributed by atoms with E-state index in [4.69, 9.17) is 9.84 Å². The number of hydrazone groups is 1. The van der Waals surface area contributed by atoms with Crippen molar-refractivity contribution in [2.45, 2.75) is 32.3 Å². The Morgan fingerprint density at radius 2 is 1.61 bits per heavy atom. The second-order valence-corrected chi connectivity index (χ2v) is 8.43. The summed E-state index contributed by atoms with van der Waals surface area (Å²) in [6, 6.07) is 27.8. The molecule has 0 saturated carbocycles. The predicted octanol–water partition coefficient (Wildman–Crippen LogP) is 4.85. The molecule has 4 rings (SSSR count). The molecule has 1 aliphatic heterocycles. The molecule has 0 spiro atoms. The molecule has 3 aromatic carbocycles. The van der Waals surface area contributed by atoms with Crippen LogP contribution in [0.5, 0.6) is 5.75 Å². The van der Waals surface area contributed by atoms with Gasteiger partial charge in [-0.1, -0.05) is 60.7 Å². The van der Waals surface area contributed by atoms with Gasteiger partial charge < -0.3 is 15.2 Å². The second kappa shape index (κ2) is 12.4. The fraction of sp³-hybridized carbons (Fsp3) is 0.207. The number of carboxylic acids is 1. The molecule has 1 aliphatic rings. The maximum absolute atomic E-state index is 13.3. The summed E-state index contributed by atoms with van der Waals surface area (Å²) in [5.74, 6) is -0.469. The summed E-state index contributed by atoms with van der Waals surface area (Å²) in [7, 11) is 0. The molecule has 7 heteroatoms. The van der Waals surface area contributed by atoms with Crippen molar-refractivity contribution in [3.05, 3.63) is 107 Å². The number of carbonyl (C=O) groups excluding carboxylic acids is 1. The molecule has 0 aliphatic carbocycles. The Hall–Kier alpha value is -4.39. The maximum atomic E-state index is 13.3. The summed E-state index contributed by atoms with van der Waals surface area (Å²) < 4.78 is 5.90. The standard InChI is InChI=1S/C29H29N3O4/c33-27(34)18-19-31-32-21-30-28(26(29(32)35)13-7-12-22-8-3-1-4-9-22)24-14-16-25(17-15-24)36-20-23-10-5-2-6-11-23/h1-6,8-11,14-17,19,30H,7,12-13,18,20-21H2,(H,33,34)/b31-19-. The molecular formula is C29H29N3O4. The third-order valence-electron chi connectivity index (χ3n) is 5.81. The lowest BCUT2D eigenvalue weighted by Crippen LogP contribution is -2.41. The van der Waals surface area contributed by atoms with Crippen LogP contribution in [0.2, 0.25) is 0 Å². The molecule has 0 saturated heterocycles. The summed E-state index contributed by atoms with van der Waals surface area (Å²) in [5.41, 5.74) is 4.59. The molecule has 0 radical (unpaired) electrons. The number of aryl methyl sites for hydroxylation is 1. The average molecular weight is 484 g/mol. The molecule has 2 N–H and O–H groups in total. The normalized spacial score (nSPS) is 13.7. The number of aliphatic carboxylic acids is 1. The van der Waals surface area contributed by atoms with Crippen LogP contribution < -0.4 is 10.1 Å². The third kappa shape index (κ3) is 6.82. The van der Waals surface area contributed by atoms with E-state index in [1.54, 1.807) is 0 Å². The van der Waals surface area contributed by atoms with E-state index >= 15 is 0 Å². The summed E-state index contributed by atoms with van der Waals surface area (Å²) in [6.07, 6.45) is 3.20. The van der Waals surface area contributed by atoms with Gasteiger partial charge in [0.25, 0.3) is 5.91 Å². The van der Waals surface area contributed by atoms with E-state index in [9.17, 15) is 9.59 Å². The molecule has 7 nitrogen and oxygen atoms in total. The van der Waals surface area contributed by atoms with Crippen molar-refractivity contribution in [1.29, 1.82) is 0 Å². The highest BCUT2D eigenvalue weighted by molar-refractivity contribution is 6.02. The lowest BCUT2D eigenvalue weighted by molar-refractivity contribution is -0.135. The van der Waals surface area contributed by atoms with Crippen molar-refractivity contribution in [2.75, 3.05) is 6.67 Å². The lowest BCUT2D eigenvalue weighted by atomic mass is 9.97. The van der Waals surface area contributed by atoms with Crippen LogP contribution in [0.4, 0.5) is 0 Å². The Kier molecular flexibility index (Phi) is 8.48. The van der Waals surface area contributed by atoms with E-state index in [1.165, 1.54) is 16.8 Å². The number of carbonyl (C=O) groups is 2. The summed E-state index contributed by atoms with van der Waals surface area (Å²) >= 11 is 0. The van der Waals surface area contributed by atoms with Crippen molar-refractivity contribution < 1.29 is 19.4 Å². The van der Waals surface area contributed by atoms with Gasteiger partial charge in [-0.25, -0.2) is 5.01 Å². The molecule has 0 aromatic heterocycles. The van der Waals surface area contributed by atoms with Crippen LogP contribution in [-0.4, -0.2) is 34.9 Å². The molecule has 0 bridgehead atoms. The Labute approximate surface area is 210 Å². The van der Waals surface area contributed by atoms with Crippen molar-refractivity contribution in [1.82, 2.24) is 10.3 Å². The van der Waals surface area contributed by atoms with Crippen LogP contribution in [0, 0.1) is 0 Å². The largest absolute Gasteiger partial charge is 0.489 e. The highest BCUT2D eigenvalue weighted by Crippen LogP contribution is 2.27. The van der Waals surface area contributed by atoms with Gasteiger partial charge in [-0.3, -0.25) is 9.59 Å². The first-order valence-corrected chi connectivity index (χ1v) is 11.9. The van der Waals surface area contributed by atoms with Gasteiger partial charge in [0.2, 0.25) is 0 Å².